The molecule has 0 spiro atoms. The summed E-state index contributed by atoms with van der Waals surface area (Å²) in [6.45, 7) is 1.32. The van der Waals surface area contributed by atoms with Gasteiger partial charge in [-0.2, -0.15) is 5.26 Å². The number of hydrogen-bond acceptors (Lipinski definition) is 5. The van der Waals surface area contributed by atoms with Gasteiger partial charge in [0.15, 0.2) is 0 Å². The average Bonchev–Trinajstić information content (AvgIpc) is 2.62. The Morgan fingerprint density at radius 2 is 2.04 bits per heavy atom. The van der Waals surface area contributed by atoms with Gasteiger partial charge in [0.25, 0.3) is 5.69 Å². The molecular formula is C17H14FN3O3. The SMILES string of the molecule is N#Cc1ccc(N2CCOC(c3ccc(F)cc3)C2)c([N+](=O)[O-])c1. The Labute approximate surface area is 137 Å². The molecule has 3 rings (SSSR count). The Bertz CT molecular complexity index is 802. The molecule has 122 valence electrons. The molecule has 0 aromatic heterocycles. The summed E-state index contributed by atoms with van der Waals surface area (Å²) in [6, 6.07) is 12.4. The van der Waals surface area contributed by atoms with Gasteiger partial charge >= 0.3 is 0 Å². The minimum Gasteiger partial charge on any atom is -0.370 e. The molecule has 1 fully saturated rings. The Hall–Kier alpha value is -2.98. The van der Waals surface area contributed by atoms with E-state index in [0.29, 0.717) is 25.4 Å². The fourth-order valence-corrected chi connectivity index (χ4v) is 2.75. The second-order valence-electron chi connectivity index (χ2n) is 5.43. The Morgan fingerprint density at radius 3 is 2.71 bits per heavy atom. The van der Waals surface area contributed by atoms with Gasteiger partial charge in [0, 0.05) is 19.2 Å². The van der Waals surface area contributed by atoms with E-state index in [-0.39, 0.29) is 23.2 Å². The van der Waals surface area contributed by atoms with Crippen molar-refractivity contribution in [2.24, 2.45) is 0 Å². The zero-order chi connectivity index (χ0) is 17.1. The van der Waals surface area contributed by atoms with E-state index >= 15 is 0 Å². The summed E-state index contributed by atoms with van der Waals surface area (Å²) in [7, 11) is 0. The first-order valence-corrected chi connectivity index (χ1v) is 7.39. The molecule has 0 aliphatic carbocycles. The lowest BCUT2D eigenvalue weighted by atomic mass is 10.1. The van der Waals surface area contributed by atoms with E-state index in [1.807, 2.05) is 11.0 Å². The monoisotopic (exact) mass is 327 g/mol. The van der Waals surface area contributed by atoms with Gasteiger partial charge in [-0.05, 0) is 29.8 Å². The maximum Gasteiger partial charge on any atom is 0.293 e. The zero-order valence-electron chi connectivity index (χ0n) is 12.7. The van der Waals surface area contributed by atoms with Crippen LogP contribution in [0.2, 0.25) is 0 Å². The van der Waals surface area contributed by atoms with Gasteiger partial charge in [0.2, 0.25) is 0 Å². The van der Waals surface area contributed by atoms with Crippen LogP contribution in [0.15, 0.2) is 42.5 Å². The van der Waals surface area contributed by atoms with E-state index in [4.69, 9.17) is 10.00 Å². The number of nitro groups is 1. The van der Waals surface area contributed by atoms with Crippen molar-refractivity contribution >= 4 is 11.4 Å². The number of halogens is 1. The quantitative estimate of drug-likeness (QED) is 0.639. The van der Waals surface area contributed by atoms with Crippen LogP contribution in [0.5, 0.6) is 0 Å². The smallest absolute Gasteiger partial charge is 0.293 e. The van der Waals surface area contributed by atoms with E-state index in [1.165, 1.54) is 18.2 Å². The number of ether oxygens (including phenoxy) is 1. The van der Waals surface area contributed by atoms with Gasteiger partial charge in [-0.15, -0.1) is 0 Å². The molecule has 1 saturated heterocycles. The first-order valence-electron chi connectivity index (χ1n) is 7.39. The summed E-state index contributed by atoms with van der Waals surface area (Å²) < 4.78 is 18.8. The summed E-state index contributed by atoms with van der Waals surface area (Å²) >= 11 is 0. The Kier molecular flexibility index (Phi) is 4.40. The molecule has 2 aromatic rings. The third-order valence-electron chi connectivity index (χ3n) is 3.95. The Balaban J connectivity index is 1.88. The van der Waals surface area contributed by atoms with Crippen LogP contribution in [0.25, 0.3) is 0 Å². The van der Waals surface area contributed by atoms with Gasteiger partial charge in [-0.3, -0.25) is 10.1 Å². The lowest BCUT2D eigenvalue weighted by Crippen LogP contribution is -2.38. The highest BCUT2D eigenvalue weighted by Crippen LogP contribution is 2.33. The highest BCUT2D eigenvalue weighted by Gasteiger charge is 2.27. The van der Waals surface area contributed by atoms with Crippen LogP contribution in [0.1, 0.15) is 17.2 Å². The maximum absolute atomic E-state index is 13.1. The van der Waals surface area contributed by atoms with Crippen molar-refractivity contribution in [3.05, 3.63) is 69.5 Å². The number of anilines is 1. The average molecular weight is 327 g/mol. The normalized spacial score (nSPS) is 17.3. The van der Waals surface area contributed by atoms with Crippen LogP contribution in [0.3, 0.4) is 0 Å². The molecule has 0 saturated carbocycles. The molecule has 2 aromatic carbocycles. The highest BCUT2D eigenvalue weighted by molar-refractivity contribution is 5.66. The molecule has 1 unspecified atom stereocenters. The lowest BCUT2D eigenvalue weighted by Gasteiger charge is -2.34. The largest absolute Gasteiger partial charge is 0.370 e. The molecule has 0 N–H and O–H groups in total. The van der Waals surface area contributed by atoms with Crippen molar-refractivity contribution in [1.82, 2.24) is 0 Å². The number of morpholine rings is 1. The van der Waals surface area contributed by atoms with Crippen LogP contribution in [-0.4, -0.2) is 24.6 Å². The van der Waals surface area contributed by atoms with E-state index in [2.05, 4.69) is 0 Å². The third kappa shape index (κ3) is 3.19. The predicted molar refractivity (Wildman–Crippen MR) is 85.1 cm³/mol. The molecule has 1 aliphatic heterocycles. The minimum atomic E-state index is -0.488. The molecule has 0 amide bonds. The van der Waals surface area contributed by atoms with Crippen molar-refractivity contribution in [2.75, 3.05) is 24.6 Å². The van der Waals surface area contributed by atoms with E-state index < -0.39 is 4.92 Å². The first-order chi connectivity index (χ1) is 11.6. The molecule has 1 aliphatic rings. The molecule has 0 bridgehead atoms. The van der Waals surface area contributed by atoms with Crippen LogP contribution in [-0.2, 0) is 4.74 Å². The van der Waals surface area contributed by atoms with Crippen molar-refractivity contribution < 1.29 is 14.1 Å². The zero-order valence-corrected chi connectivity index (χ0v) is 12.7. The summed E-state index contributed by atoms with van der Waals surface area (Å²) in [4.78, 5) is 12.7. The number of nitrogens with zero attached hydrogens (tertiary/aromatic N) is 3. The number of benzene rings is 2. The van der Waals surface area contributed by atoms with E-state index in [0.717, 1.165) is 5.56 Å². The third-order valence-corrected chi connectivity index (χ3v) is 3.95. The molecular weight excluding hydrogens is 313 g/mol. The summed E-state index contributed by atoms with van der Waals surface area (Å²) in [6.07, 6.45) is -0.297. The predicted octanol–water partition coefficient (Wildman–Crippen LogP) is 3.18. The standard InChI is InChI=1S/C17H14FN3O3/c18-14-4-2-13(3-5-14)17-11-20(7-8-24-17)15-6-1-12(10-19)9-16(15)21(22)23/h1-6,9,17H,7-8,11H2. The van der Waals surface area contributed by atoms with Gasteiger partial charge < -0.3 is 9.64 Å². The molecule has 24 heavy (non-hydrogen) atoms. The lowest BCUT2D eigenvalue weighted by molar-refractivity contribution is -0.384. The fraction of sp³-hybridized carbons (Fsp3) is 0.235. The van der Waals surface area contributed by atoms with E-state index in [9.17, 15) is 14.5 Å². The molecule has 1 atom stereocenters. The first kappa shape index (κ1) is 15.9. The van der Waals surface area contributed by atoms with Crippen LogP contribution >= 0.6 is 0 Å². The summed E-state index contributed by atoms with van der Waals surface area (Å²) in [5, 5.41) is 20.2. The van der Waals surface area contributed by atoms with Crippen molar-refractivity contribution in [3.8, 4) is 6.07 Å². The van der Waals surface area contributed by atoms with Gasteiger partial charge in [-0.25, -0.2) is 4.39 Å². The van der Waals surface area contributed by atoms with Crippen LogP contribution in [0, 0.1) is 27.3 Å². The minimum absolute atomic E-state index is 0.103. The van der Waals surface area contributed by atoms with Gasteiger partial charge in [0.1, 0.15) is 17.6 Å². The number of nitriles is 1. The van der Waals surface area contributed by atoms with Crippen molar-refractivity contribution in [2.45, 2.75) is 6.10 Å². The second-order valence-corrected chi connectivity index (χ2v) is 5.43. The summed E-state index contributed by atoms with van der Waals surface area (Å²) in [5.41, 5.74) is 1.41. The second kappa shape index (κ2) is 6.64. The van der Waals surface area contributed by atoms with Crippen LogP contribution < -0.4 is 4.90 Å². The van der Waals surface area contributed by atoms with Gasteiger partial charge in [-0.1, -0.05) is 12.1 Å². The van der Waals surface area contributed by atoms with Crippen LogP contribution in [0.4, 0.5) is 15.8 Å². The summed E-state index contributed by atoms with van der Waals surface area (Å²) in [5.74, 6) is -0.325. The number of nitro benzene ring substituents is 1. The number of rotatable bonds is 3. The fourth-order valence-electron chi connectivity index (χ4n) is 2.75. The number of hydrogen-bond donors (Lipinski definition) is 0. The Morgan fingerprint density at radius 1 is 1.29 bits per heavy atom. The topological polar surface area (TPSA) is 79.4 Å². The van der Waals surface area contributed by atoms with Crippen molar-refractivity contribution in [3.63, 3.8) is 0 Å². The molecule has 1 heterocycles. The molecule has 6 nitrogen and oxygen atoms in total. The molecule has 0 radical (unpaired) electrons. The van der Waals surface area contributed by atoms with E-state index in [1.54, 1.807) is 24.3 Å². The highest BCUT2D eigenvalue weighted by atomic mass is 19.1. The van der Waals surface area contributed by atoms with Gasteiger partial charge in [0.05, 0.1) is 23.2 Å². The van der Waals surface area contributed by atoms with Crippen molar-refractivity contribution in [1.29, 1.82) is 5.26 Å². The molecule has 7 heteroatoms. The maximum atomic E-state index is 13.1.